The van der Waals surface area contributed by atoms with Crippen LogP contribution in [0.15, 0.2) is 0 Å². The number of hydrogen-bond acceptors (Lipinski definition) is 2. The van der Waals surface area contributed by atoms with E-state index in [1.807, 2.05) is 0 Å². The molecule has 0 radical (unpaired) electrons. The van der Waals surface area contributed by atoms with Crippen molar-refractivity contribution in [2.45, 2.75) is 64.5 Å². The Morgan fingerprint density at radius 2 is 2.00 bits per heavy atom. The molecule has 0 saturated heterocycles. The first-order chi connectivity index (χ1) is 7.54. The molecular formula is C14H28N2. The summed E-state index contributed by atoms with van der Waals surface area (Å²) >= 11 is 0. The molecule has 2 fully saturated rings. The van der Waals surface area contributed by atoms with Gasteiger partial charge >= 0.3 is 0 Å². The molecule has 0 amide bonds. The van der Waals surface area contributed by atoms with E-state index >= 15 is 0 Å². The van der Waals surface area contributed by atoms with E-state index < -0.39 is 0 Å². The Bertz CT molecular complexity index is 231. The van der Waals surface area contributed by atoms with Gasteiger partial charge in [0.2, 0.25) is 0 Å². The van der Waals surface area contributed by atoms with Crippen molar-refractivity contribution in [1.29, 1.82) is 0 Å². The molecule has 0 aromatic carbocycles. The molecule has 94 valence electrons. The lowest BCUT2D eigenvalue weighted by molar-refractivity contribution is 0.0657. The highest BCUT2D eigenvalue weighted by Crippen LogP contribution is 2.43. The Morgan fingerprint density at radius 1 is 1.31 bits per heavy atom. The SMILES string of the molecule is CC1CCC(NC2(CN)CC(C(C)C)C2)C1. The molecule has 0 bridgehead atoms. The highest BCUT2D eigenvalue weighted by Gasteiger charge is 2.45. The lowest BCUT2D eigenvalue weighted by Crippen LogP contribution is -2.63. The number of hydrogen-bond donors (Lipinski definition) is 2. The summed E-state index contributed by atoms with van der Waals surface area (Å²) in [6, 6.07) is 0.742. The summed E-state index contributed by atoms with van der Waals surface area (Å²) in [7, 11) is 0. The first-order valence-electron chi connectivity index (χ1n) is 7.02. The standard InChI is InChI=1S/C14H28N2/c1-10(2)12-7-14(8-12,9-15)16-13-5-4-11(3)6-13/h10-13,16H,4-9,15H2,1-3H3. The number of nitrogens with one attached hydrogen (secondary N) is 1. The van der Waals surface area contributed by atoms with Crippen molar-refractivity contribution >= 4 is 0 Å². The van der Waals surface area contributed by atoms with Crippen molar-refractivity contribution in [3.63, 3.8) is 0 Å². The van der Waals surface area contributed by atoms with Gasteiger partial charge in [-0.05, 0) is 49.9 Å². The lowest BCUT2D eigenvalue weighted by Gasteiger charge is -2.51. The molecule has 2 heteroatoms. The lowest BCUT2D eigenvalue weighted by atomic mass is 9.63. The predicted octanol–water partition coefficient (Wildman–Crippen LogP) is 2.53. The first-order valence-corrected chi connectivity index (χ1v) is 7.02. The summed E-state index contributed by atoms with van der Waals surface area (Å²) in [6.07, 6.45) is 6.70. The van der Waals surface area contributed by atoms with Crippen LogP contribution < -0.4 is 11.1 Å². The van der Waals surface area contributed by atoms with Gasteiger partial charge in [-0.15, -0.1) is 0 Å². The van der Waals surface area contributed by atoms with E-state index in [9.17, 15) is 0 Å². The zero-order valence-electron chi connectivity index (χ0n) is 11.1. The highest BCUT2D eigenvalue weighted by molar-refractivity contribution is 5.04. The van der Waals surface area contributed by atoms with E-state index in [1.54, 1.807) is 0 Å². The molecule has 0 aromatic rings. The van der Waals surface area contributed by atoms with Gasteiger partial charge in [0.1, 0.15) is 0 Å². The summed E-state index contributed by atoms with van der Waals surface area (Å²) in [5.41, 5.74) is 6.28. The molecular weight excluding hydrogens is 196 g/mol. The van der Waals surface area contributed by atoms with Crippen LogP contribution in [0.4, 0.5) is 0 Å². The Morgan fingerprint density at radius 3 is 2.44 bits per heavy atom. The van der Waals surface area contributed by atoms with Crippen molar-refractivity contribution in [2.75, 3.05) is 6.54 Å². The second kappa shape index (κ2) is 4.66. The fourth-order valence-corrected chi connectivity index (χ4v) is 3.53. The highest BCUT2D eigenvalue weighted by atomic mass is 15.1. The van der Waals surface area contributed by atoms with Gasteiger partial charge in [-0.3, -0.25) is 0 Å². The van der Waals surface area contributed by atoms with Crippen LogP contribution in [0.25, 0.3) is 0 Å². The Balaban J connectivity index is 1.83. The maximum Gasteiger partial charge on any atom is 0.0311 e. The van der Waals surface area contributed by atoms with Crippen molar-refractivity contribution in [2.24, 2.45) is 23.5 Å². The zero-order chi connectivity index (χ0) is 11.8. The molecule has 0 heterocycles. The molecule has 0 aliphatic heterocycles. The molecule has 16 heavy (non-hydrogen) atoms. The van der Waals surface area contributed by atoms with Gasteiger partial charge < -0.3 is 11.1 Å². The van der Waals surface area contributed by atoms with Crippen molar-refractivity contribution in [3.8, 4) is 0 Å². The molecule has 2 rings (SSSR count). The van der Waals surface area contributed by atoms with Crippen LogP contribution >= 0.6 is 0 Å². The molecule has 2 aliphatic rings. The zero-order valence-corrected chi connectivity index (χ0v) is 11.1. The Kier molecular flexibility index (Phi) is 3.60. The Hall–Kier alpha value is -0.0800. The van der Waals surface area contributed by atoms with Crippen LogP contribution in [0.1, 0.15) is 52.9 Å². The van der Waals surface area contributed by atoms with Crippen molar-refractivity contribution < 1.29 is 0 Å². The molecule has 3 N–H and O–H groups in total. The largest absolute Gasteiger partial charge is 0.329 e. The van der Waals surface area contributed by atoms with Gasteiger partial charge in [0.25, 0.3) is 0 Å². The molecule has 0 aromatic heterocycles. The average molecular weight is 224 g/mol. The van der Waals surface area contributed by atoms with Crippen LogP contribution in [-0.4, -0.2) is 18.1 Å². The van der Waals surface area contributed by atoms with E-state index in [2.05, 4.69) is 26.1 Å². The summed E-state index contributed by atoms with van der Waals surface area (Å²) in [6.45, 7) is 7.86. The van der Waals surface area contributed by atoms with Crippen LogP contribution in [0.3, 0.4) is 0 Å². The second-order valence-electron chi connectivity index (χ2n) is 6.66. The number of rotatable bonds is 4. The van der Waals surface area contributed by atoms with Gasteiger partial charge in [-0.1, -0.05) is 20.8 Å². The third-order valence-electron chi connectivity index (χ3n) is 4.84. The normalized spacial score (nSPS) is 43.7. The smallest absolute Gasteiger partial charge is 0.0311 e. The van der Waals surface area contributed by atoms with Crippen molar-refractivity contribution in [3.05, 3.63) is 0 Å². The van der Waals surface area contributed by atoms with Crippen LogP contribution in [0, 0.1) is 17.8 Å². The van der Waals surface area contributed by atoms with Gasteiger partial charge in [0.05, 0.1) is 0 Å². The molecule has 2 unspecified atom stereocenters. The summed E-state index contributed by atoms with van der Waals surface area (Å²) in [5.74, 6) is 2.63. The Labute approximate surface area is 100 Å². The molecule has 2 aliphatic carbocycles. The third-order valence-corrected chi connectivity index (χ3v) is 4.84. The molecule has 2 nitrogen and oxygen atoms in total. The van der Waals surface area contributed by atoms with Gasteiger partial charge in [0, 0.05) is 18.1 Å². The fourth-order valence-electron chi connectivity index (χ4n) is 3.53. The van der Waals surface area contributed by atoms with Crippen molar-refractivity contribution in [1.82, 2.24) is 5.32 Å². The topological polar surface area (TPSA) is 38.0 Å². The monoisotopic (exact) mass is 224 g/mol. The molecule has 2 atom stereocenters. The summed E-state index contributed by atoms with van der Waals surface area (Å²) in [5, 5.41) is 3.87. The third kappa shape index (κ3) is 2.43. The second-order valence-corrected chi connectivity index (χ2v) is 6.66. The minimum Gasteiger partial charge on any atom is -0.329 e. The van der Waals surface area contributed by atoms with Gasteiger partial charge in [-0.2, -0.15) is 0 Å². The van der Waals surface area contributed by atoms with E-state index in [0.717, 1.165) is 30.3 Å². The minimum absolute atomic E-state index is 0.295. The average Bonchev–Trinajstić information content (AvgIpc) is 2.56. The summed E-state index contributed by atoms with van der Waals surface area (Å²) in [4.78, 5) is 0. The maximum absolute atomic E-state index is 5.98. The predicted molar refractivity (Wildman–Crippen MR) is 69.3 cm³/mol. The van der Waals surface area contributed by atoms with Gasteiger partial charge in [0.15, 0.2) is 0 Å². The molecule has 0 spiro atoms. The fraction of sp³-hybridized carbons (Fsp3) is 1.00. The van der Waals surface area contributed by atoms with Crippen LogP contribution in [-0.2, 0) is 0 Å². The molecule has 2 saturated carbocycles. The van der Waals surface area contributed by atoms with E-state index in [0.29, 0.717) is 5.54 Å². The maximum atomic E-state index is 5.98. The number of nitrogens with two attached hydrogens (primary N) is 1. The van der Waals surface area contributed by atoms with E-state index in [-0.39, 0.29) is 0 Å². The van der Waals surface area contributed by atoms with Gasteiger partial charge in [-0.25, -0.2) is 0 Å². The van der Waals surface area contributed by atoms with E-state index in [4.69, 9.17) is 5.73 Å². The van der Waals surface area contributed by atoms with Crippen LogP contribution in [0.5, 0.6) is 0 Å². The minimum atomic E-state index is 0.295. The van der Waals surface area contributed by atoms with Crippen LogP contribution in [0.2, 0.25) is 0 Å². The summed E-state index contributed by atoms with van der Waals surface area (Å²) < 4.78 is 0. The quantitative estimate of drug-likeness (QED) is 0.770. The van der Waals surface area contributed by atoms with E-state index in [1.165, 1.54) is 32.1 Å². The first kappa shape index (κ1) is 12.4.